The van der Waals surface area contributed by atoms with Crippen LogP contribution in [0.25, 0.3) is 0 Å². The van der Waals surface area contributed by atoms with E-state index in [2.05, 4.69) is 20.7 Å². The van der Waals surface area contributed by atoms with Gasteiger partial charge in [0.25, 0.3) is 5.91 Å². The Labute approximate surface area is 163 Å². The van der Waals surface area contributed by atoms with Gasteiger partial charge in [-0.25, -0.2) is 4.68 Å². The number of hydrogen-bond acceptors (Lipinski definition) is 5. The first-order chi connectivity index (χ1) is 13.6. The topological polar surface area (TPSA) is 81.1 Å². The maximum Gasteiger partial charge on any atom is 0.255 e. The van der Waals surface area contributed by atoms with Crippen molar-refractivity contribution in [1.29, 1.82) is 0 Å². The van der Waals surface area contributed by atoms with Gasteiger partial charge >= 0.3 is 0 Å². The summed E-state index contributed by atoms with van der Waals surface area (Å²) < 4.78 is 6.98. The number of fused-ring (bicyclic) bond motifs is 1. The molecular formula is C21H21N5O2. The van der Waals surface area contributed by atoms with Gasteiger partial charge in [-0.1, -0.05) is 29.8 Å². The highest BCUT2D eigenvalue weighted by Gasteiger charge is 2.33. The number of hydrogen-bond donors (Lipinski definition) is 2. The zero-order valence-electron chi connectivity index (χ0n) is 15.9. The van der Waals surface area contributed by atoms with E-state index in [0.717, 1.165) is 28.3 Å². The second-order valence-electron chi connectivity index (χ2n) is 6.69. The van der Waals surface area contributed by atoms with Crippen molar-refractivity contribution in [3.63, 3.8) is 0 Å². The predicted molar refractivity (Wildman–Crippen MR) is 107 cm³/mol. The van der Waals surface area contributed by atoms with Crippen molar-refractivity contribution in [2.24, 2.45) is 0 Å². The molecule has 0 spiro atoms. The molecule has 1 unspecified atom stereocenters. The van der Waals surface area contributed by atoms with E-state index >= 15 is 0 Å². The van der Waals surface area contributed by atoms with E-state index in [4.69, 9.17) is 4.74 Å². The molecule has 1 aliphatic heterocycles. The lowest BCUT2D eigenvalue weighted by Gasteiger charge is -2.28. The molecular weight excluding hydrogens is 354 g/mol. The maximum absolute atomic E-state index is 13.2. The Bertz CT molecular complexity index is 1040. The monoisotopic (exact) mass is 375 g/mol. The Kier molecular flexibility index (Phi) is 4.57. The molecule has 7 nitrogen and oxygen atoms in total. The molecule has 142 valence electrons. The first kappa shape index (κ1) is 17.8. The molecule has 1 aliphatic rings. The number of aryl methyl sites for hydroxylation is 1. The van der Waals surface area contributed by atoms with Gasteiger partial charge in [0, 0.05) is 11.4 Å². The lowest BCUT2D eigenvalue weighted by molar-refractivity contribution is -0.113. The molecule has 2 heterocycles. The van der Waals surface area contributed by atoms with E-state index in [-0.39, 0.29) is 5.91 Å². The third kappa shape index (κ3) is 3.22. The summed E-state index contributed by atoms with van der Waals surface area (Å²) in [6, 6.07) is 14.9. The van der Waals surface area contributed by atoms with Crippen LogP contribution in [0.4, 0.5) is 11.6 Å². The van der Waals surface area contributed by atoms with Gasteiger partial charge in [-0.15, -0.1) is 0 Å². The largest absolute Gasteiger partial charge is 0.497 e. The average Bonchev–Trinajstić information content (AvgIpc) is 3.16. The minimum absolute atomic E-state index is 0.184. The number of anilines is 2. The van der Waals surface area contributed by atoms with E-state index in [0.29, 0.717) is 11.5 Å². The van der Waals surface area contributed by atoms with E-state index in [1.54, 1.807) is 11.8 Å². The molecule has 0 fully saturated rings. The van der Waals surface area contributed by atoms with Gasteiger partial charge in [0.1, 0.15) is 18.1 Å². The number of ether oxygens (including phenoxy) is 1. The van der Waals surface area contributed by atoms with Crippen molar-refractivity contribution in [3.05, 3.63) is 77.3 Å². The Balaban J connectivity index is 1.73. The van der Waals surface area contributed by atoms with E-state index in [9.17, 15) is 4.79 Å². The van der Waals surface area contributed by atoms with Gasteiger partial charge in [-0.3, -0.25) is 4.79 Å². The molecule has 0 saturated heterocycles. The zero-order valence-corrected chi connectivity index (χ0v) is 15.9. The van der Waals surface area contributed by atoms with Crippen LogP contribution >= 0.6 is 0 Å². The summed E-state index contributed by atoms with van der Waals surface area (Å²) >= 11 is 0. The summed E-state index contributed by atoms with van der Waals surface area (Å²) in [5, 5.41) is 10.5. The van der Waals surface area contributed by atoms with Gasteiger partial charge < -0.3 is 15.4 Å². The molecule has 1 amide bonds. The number of aromatic nitrogens is 3. The van der Waals surface area contributed by atoms with Crippen LogP contribution in [0.15, 0.2) is 66.1 Å². The first-order valence-corrected chi connectivity index (χ1v) is 8.96. The molecule has 1 atom stereocenters. The molecule has 2 aromatic carbocycles. The molecule has 0 bridgehead atoms. The van der Waals surface area contributed by atoms with Gasteiger partial charge in [0.15, 0.2) is 0 Å². The second kappa shape index (κ2) is 7.19. The predicted octanol–water partition coefficient (Wildman–Crippen LogP) is 3.52. The molecule has 28 heavy (non-hydrogen) atoms. The number of nitrogens with one attached hydrogen (secondary N) is 2. The third-order valence-electron chi connectivity index (χ3n) is 4.78. The summed E-state index contributed by atoms with van der Waals surface area (Å²) in [4.78, 5) is 17.5. The number of benzene rings is 2. The van der Waals surface area contributed by atoms with Gasteiger partial charge in [-0.2, -0.15) is 10.1 Å². The van der Waals surface area contributed by atoms with Crippen LogP contribution in [0, 0.1) is 6.92 Å². The fraction of sp³-hybridized carbons (Fsp3) is 0.190. The van der Waals surface area contributed by atoms with Crippen LogP contribution < -0.4 is 15.4 Å². The molecule has 0 aliphatic carbocycles. The van der Waals surface area contributed by atoms with Crippen LogP contribution in [-0.4, -0.2) is 27.8 Å². The minimum atomic E-state index is -0.393. The first-order valence-electron chi connectivity index (χ1n) is 8.96. The summed E-state index contributed by atoms with van der Waals surface area (Å²) in [6.45, 7) is 3.88. The van der Waals surface area contributed by atoms with Gasteiger partial charge in [0.2, 0.25) is 5.95 Å². The van der Waals surface area contributed by atoms with E-state index < -0.39 is 6.04 Å². The van der Waals surface area contributed by atoms with Gasteiger partial charge in [0.05, 0.1) is 12.7 Å². The normalized spacial score (nSPS) is 15.6. The van der Waals surface area contributed by atoms with Crippen molar-refractivity contribution in [1.82, 2.24) is 14.8 Å². The standard InChI is InChI=1S/C21H21N5O2/c1-13-4-8-16(9-5-13)25-20(27)18-14(2)24-21-22-12-23-26(21)19(18)15-6-10-17(28-3)11-7-15/h4-12,19H,1-3H3,(H,25,27)(H,22,23,24). The SMILES string of the molecule is COc1ccc(C2C(C(=O)Nc3ccc(C)cc3)=C(C)Nc3ncnn32)cc1. The number of rotatable bonds is 4. The number of amides is 1. The highest BCUT2D eigenvalue weighted by Crippen LogP contribution is 2.35. The zero-order chi connectivity index (χ0) is 19.7. The van der Waals surface area contributed by atoms with Crippen molar-refractivity contribution < 1.29 is 9.53 Å². The highest BCUT2D eigenvalue weighted by molar-refractivity contribution is 6.06. The number of methoxy groups -OCH3 is 1. The number of nitrogens with zero attached hydrogens (tertiary/aromatic N) is 3. The van der Waals surface area contributed by atoms with Crippen LogP contribution in [0.3, 0.4) is 0 Å². The van der Waals surface area contributed by atoms with Gasteiger partial charge in [-0.05, 0) is 43.7 Å². The Morgan fingerprint density at radius 3 is 2.50 bits per heavy atom. The molecule has 0 radical (unpaired) electrons. The summed E-state index contributed by atoms with van der Waals surface area (Å²) in [5.41, 5.74) is 4.13. The van der Waals surface area contributed by atoms with Crippen LogP contribution in [0.2, 0.25) is 0 Å². The quantitative estimate of drug-likeness (QED) is 0.729. The molecule has 0 saturated carbocycles. The van der Waals surface area contributed by atoms with Crippen LogP contribution in [0.5, 0.6) is 5.75 Å². The Hall–Kier alpha value is -3.61. The maximum atomic E-state index is 13.2. The van der Waals surface area contributed by atoms with Crippen molar-refractivity contribution >= 4 is 17.5 Å². The average molecular weight is 375 g/mol. The van der Waals surface area contributed by atoms with Crippen LogP contribution in [0.1, 0.15) is 24.1 Å². The Morgan fingerprint density at radius 1 is 1.11 bits per heavy atom. The summed E-state index contributed by atoms with van der Waals surface area (Å²) in [6.07, 6.45) is 1.48. The van der Waals surface area contributed by atoms with Crippen molar-refractivity contribution in [3.8, 4) is 5.75 Å². The summed E-state index contributed by atoms with van der Waals surface area (Å²) in [7, 11) is 1.62. The molecule has 4 rings (SSSR count). The fourth-order valence-electron chi connectivity index (χ4n) is 3.31. The molecule has 1 aromatic heterocycles. The number of allylic oxidation sites excluding steroid dienone is 1. The van der Waals surface area contributed by atoms with E-state index in [1.165, 1.54) is 6.33 Å². The lowest BCUT2D eigenvalue weighted by Crippen LogP contribution is -2.31. The fourth-order valence-corrected chi connectivity index (χ4v) is 3.31. The molecule has 2 N–H and O–H groups in total. The number of carbonyl (C=O) groups excluding carboxylic acids is 1. The number of carbonyl (C=O) groups is 1. The minimum Gasteiger partial charge on any atom is -0.497 e. The lowest BCUT2D eigenvalue weighted by atomic mass is 9.95. The van der Waals surface area contributed by atoms with Crippen molar-refractivity contribution in [2.45, 2.75) is 19.9 Å². The highest BCUT2D eigenvalue weighted by atomic mass is 16.5. The summed E-state index contributed by atoms with van der Waals surface area (Å²) in [5.74, 6) is 1.17. The third-order valence-corrected chi connectivity index (χ3v) is 4.78. The van der Waals surface area contributed by atoms with E-state index in [1.807, 2.05) is 62.4 Å². The smallest absolute Gasteiger partial charge is 0.255 e. The Morgan fingerprint density at radius 2 is 1.82 bits per heavy atom. The molecule has 7 heteroatoms. The van der Waals surface area contributed by atoms with Crippen LogP contribution in [-0.2, 0) is 4.79 Å². The van der Waals surface area contributed by atoms with Crippen molar-refractivity contribution in [2.75, 3.05) is 17.7 Å². The molecule has 3 aromatic rings. The second-order valence-corrected chi connectivity index (χ2v) is 6.69.